The Labute approximate surface area is 81.5 Å². The largest absolute Gasteiger partial charge is 0.492 e. The van der Waals surface area contributed by atoms with Gasteiger partial charge in [0.25, 0.3) is 0 Å². The van der Waals surface area contributed by atoms with Crippen LogP contribution in [0.25, 0.3) is 0 Å². The zero-order valence-electron chi connectivity index (χ0n) is 7.62. The summed E-state index contributed by atoms with van der Waals surface area (Å²) in [5.41, 5.74) is 1.05. The lowest BCUT2D eigenvalue weighted by atomic mass is 10.1. The van der Waals surface area contributed by atoms with E-state index in [9.17, 15) is 4.79 Å². The van der Waals surface area contributed by atoms with Gasteiger partial charge in [0, 0.05) is 18.7 Å². The fraction of sp³-hybridized carbons (Fsp3) is 0.300. The lowest BCUT2D eigenvalue weighted by Crippen LogP contribution is -2.17. The van der Waals surface area contributed by atoms with Crippen molar-refractivity contribution >= 4 is 5.97 Å². The predicted octanol–water partition coefficient (Wildman–Crippen LogP) is 0.867. The highest BCUT2D eigenvalue weighted by Gasteiger charge is 2.16. The molecule has 1 aliphatic rings. The second-order valence-corrected chi connectivity index (χ2v) is 3.11. The smallest absolute Gasteiger partial charge is 0.336 e. The van der Waals surface area contributed by atoms with E-state index in [1.165, 1.54) is 0 Å². The van der Waals surface area contributed by atoms with Crippen LogP contribution < -0.4 is 10.1 Å². The molecule has 1 aliphatic heterocycles. The molecule has 1 aromatic rings. The summed E-state index contributed by atoms with van der Waals surface area (Å²) in [7, 11) is 0. The van der Waals surface area contributed by atoms with E-state index in [4.69, 9.17) is 9.84 Å². The van der Waals surface area contributed by atoms with Gasteiger partial charge in [-0.05, 0) is 12.1 Å². The minimum Gasteiger partial charge on any atom is -0.492 e. The van der Waals surface area contributed by atoms with Gasteiger partial charge in [0.15, 0.2) is 0 Å². The summed E-state index contributed by atoms with van der Waals surface area (Å²) in [5.74, 6) is -0.232. The first-order chi connectivity index (χ1) is 6.79. The number of aromatic carboxylic acids is 1. The highest BCUT2D eigenvalue weighted by atomic mass is 16.5. The Balaban J connectivity index is 2.47. The first kappa shape index (κ1) is 9.02. The van der Waals surface area contributed by atoms with Crippen molar-refractivity contribution in [1.29, 1.82) is 0 Å². The standard InChI is InChI=1S/C10H11NO3/c12-10(13)7-2-1-3-9-8(7)6-11-4-5-14-9/h1-3,11H,4-6H2,(H,12,13). The second kappa shape index (κ2) is 3.67. The number of fused-ring (bicyclic) bond motifs is 1. The van der Waals surface area contributed by atoms with E-state index in [0.29, 0.717) is 24.5 Å². The minimum absolute atomic E-state index is 0.317. The van der Waals surface area contributed by atoms with Crippen LogP contribution in [-0.4, -0.2) is 24.2 Å². The van der Waals surface area contributed by atoms with Gasteiger partial charge in [-0.15, -0.1) is 0 Å². The van der Waals surface area contributed by atoms with Crippen LogP contribution in [0.2, 0.25) is 0 Å². The summed E-state index contributed by atoms with van der Waals surface area (Å²) in [5, 5.41) is 12.1. The lowest BCUT2D eigenvalue weighted by molar-refractivity contribution is 0.0695. The fourth-order valence-corrected chi connectivity index (χ4v) is 1.53. The van der Waals surface area contributed by atoms with Crippen LogP contribution in [0, 0.1) is 0 Å². The maximum atomic E-state index is 10.9. The summed E-state index contributed by atoms with van der Waals surface area (Å²) in [6.07, 6.45) is 0. The number of ether oxygens (including phenoxy) is 1. The average Bonchev–Trinajstić information content (AvgIpc) is 2.41. The van der Waals surface area contributed by atoms with E-state index in [-0.39, 0.29) is 0 Å². The topological polar surface area (TPSA) is 58.6 Å². The van der Waals surface area contributed by atoms with Crippen LogP contribution in [0.5, 0.6) is 5.75 Å². The number of hydrogen-bond acceptors (Lipinski definition) is 3. The number of nitrogens with one attached hydrogen (secondary N) is 1. The van der Waals surface area contributed by atoms with Crippen LogP contribution in [0.15, 0.2) is 18.2 Å². The van der Waals surface area contributed by atoms with Crippen molar-refractivity contribution < 1.29 is 14.6 Å². The molecule has 0 atom stereocenters. The van der Waals surface area contributed by atoms with Gasteiger partial charge in [0.2, 0.25) is 0 Å². The van der Waals surface area contributed by atoms with Crippen molar-refractivity contribution in [2.45, 2.75) is 6.54 Å². The molecule has 0 saturated heterocycles. The quantitative estimate of drug-likeness (QED) is 0.694. The summed E-state index contributed by atoms with van der Waals surface area (Å²) in [6.45, 7) is 1.88. The van der Waals surface area contributed by atoms with Crippen LogP contribution in [0.4, 0.5) is 0 Å². The Morgan fingerprint density at radius 3 is 3.14 bits per heavy atom. The number of carboxylic acid groups (broad SMARTS) is 1. The highest BCUT2D eigenvalue weighted by Crippen LogP contribution is 2.23. The third-order valence-electron chi connectivity index (χ3n) is 2.20. The average molecular weight is 193 g/mol. The van der Waals surface area contributed by atoms with Crippen molar-refractivity contribution in [3.05, 3.63) is 29.3 Å². The molecule has 0 unspecified atom stereocenters. The Morgan fingerprint density at radius 1 is 1.50 bits per heavy atom. The molecule has 4 nitrogen and oxygen atoms in total. The number of rotatable bonds is 1. The van der Waals surface area contributed by atoms with Crippen molar-refractivity contribution in [3.8, 4) is 5.75 Å². The van der Waals surface area contributed by atoms with E-state index in [1.807, 2.05) is 0 Å². The molecule has 0 aromatic heterocycles. The fourth-order valence-electron chi connectivity index (χ4n) is 1.53. The molecule has 0 fully saturated rings. The molecule has 0 bridgehead atoms. The molecule has 4 heteroatoms. The summed E-state index contributed by atoms with van der Waals surface area (Å²) < 4.78 is 5.41. The molecule has 14 heavy (non-hydrogen) atoms. The third kappa shape index (κ3) is 1.56. The molecule has 1 heterocycles. The van der Waals surface area contributed by atoms with Gasteiger partial charge in [0.1, 0.15) is 12.4 Å². The van der Waals surface area contributed by atoms with Gasteiger partial charge in [-0.1, -0.05) is 6.07 Å². The Bertz CT molecular complexity index is 362. The predicted molar refractivity (Wildman–Crippen MR) is 50.6 cm³/mol. The molecular formula is C10H11NO3. The minimum atomic E-state index is -0.908. The monoisotopic (exact) mass is 193 g/mol. The zero-order chi connectivity index (χ0) is 9.97. The summed E-state index contributed by atoms with van der Waals surface area (Å²) in [4.78, 5) is 10.9. The van der Waals surface area contributed by atoms with E-state index in [2.05, 4.69) is 5.32 Å². The van der Waals surface area contributed by atoms with Gasteiger partial charge in [-0.25, -0.2) is 4.79 Å². The number of carboxylic acids is 1. The van der Waals surface area contributed by atoms with Crippen molar-refractivity contribution in [3.63, 3.8) is 0 Å². The Hall–Kier alpha value is -1.55. The zero-order valence-corrected chi connectivity index (χ0v) is 7.62. The molecule has 2 rings (SSSR count). The normalized spacial score (nSPS) is 15.1. The maximum absolute atomic E-state index is 10.9. The molecular weight excluding hydrogens is 182 g/mol. The van der Waals surface area contributed by atoms with E-state index >= 15 is 0 Å². The number of benzene rings is 1. The molecule has 0 amide bonds. The summed E-state index contributed by atoms with van der Waals surface area (Å²) in [6, 6.07) is 5.10. The number of hydrogen-bond donors (Lipinski definition) is 2. The van der Waals surface area contributed by atoms with Crippen LogP contribution in [0.3, 0.4) is 0 Å². The van der Waals surface area contributed by atoms with Crippen molar-refractivity contribution in [2.24, 2.45) is 0 Å². The Kier molecular flexibility index (Phi) is 2.37. The molecule has 0 saturated carbocycles. The van der Waals surface area contributed by atoms with Crippen molar-refractivity contribution in [2.75, 3.05) is 13.2 Å². The Morgan fingerprint density at radius 2 is 2.36 bits per heavy atom. The van der Waals surface area contributed by atoms with E-state index in [1.54, 1.807) is 18.2 Å². The molecule has 1 aromatic carbocycles. The van der Waals surface area contributed by atoms with Gasteiger partial charge >= 0.3 is 5.97 Å². The van der Waals surface area contributed by atoms with E-state index in [0.717, 1.165) is 12.1 Å². The van der Waals surface area contributed by atoms with Crippen LogP contribution >= 0.6 is 0 Å². The van der Waals surface area contributed by atoms with Gasteiger partial charge < -0.3 is 15.2 Å². The SMILES string of the molecule is O=C(O)c1cccc2c1CNCCO2. The number of carbonyl (C=O) groups is 1. The van der Waals surface area contributed by atoms with Gasteiger partial charge in [-0.3, -0.25) is 0 Å². The van der Waals surface area contributed by atoms with E-state index < -0.39 is 5.97 Å². The summed E-state index contributed by atoms with van der Waals surface area (Å²) >= 11 is 0. The van der Waals surface area contributed by atoms with Gasteiger partial charge in [0.05, 0.1) is 5.56 Å². The van der Waals surface area contributed by atoms with Crippen LogP contribution in [-0.2, 0) is 6.54 Å². The molecule has 0 radical (unpaired) electrons. The van der Waals surface area contributed by atoms with Gasteiger partial charge in [-0.2, -0.15) is 0 Å². The maximum Gasteiger partial charge on any atom is 0.336 e. The molecule has 0 aliphatic carbocycles. The lowest BCUT2D eigenvalue weighted by Gasteiger charge is -2.08. The molecule has 74 valence electrons. The first-order valence-corrected chi connectivity index (χ1v) is 4.48. The first-order valence-electron chi connectivity index (χ1n) is 4.48. The molecule has 0 spiro atoms. The van der Waals surface area contributed by atoms with Crippen LogP contribution in [0.1, 0.15) is 15.9 Å². The molecule has 2 N–H and O–H groups in total. The second-order valence-electron chi connectivity index (χ2n) is 3.11. The highest BCUT2D eigenvalue weighted by molar-refractivity contribution is 5.90. The third-order valence-corrected chi connectivity index (χ3v) is 2.20. The van der Waals surface area contributed by atoms with Crippen molar-refractivity contribution in [1.82, 2.24) is 5.32 Å².